The van der Waals surface area contributed by atoms with E-state index in [2.05, 4.69) is 17.1 Å². The fraction of sp³-hybridized carbons (Fsp3) is 0.364. The molecule has 13 heavy (non-hydrogen) atoms. The van der Waals surface area contributed by atoms with Crippen LogP contribution in [0.1, 0.15) is 19.3 Å². The van der Waals surface area contributed by atoms with Crippen molar-refractivity contribution in [2.24, 2.45) is 0 Å². The summed E-state index contributed by atoms with van der Waals surface area (Å²) in [7, 11) is 0. The molecule has 0 aromatic carbocycles. The van der Waals surface area contributed by atoms with Crippen LogP contribution < -0.4 is 4.74 Å². The Morgan fingerprint density at radius 3 is 3.15 bits per heavy atom. The van der Waals surface area contributed by atoms with Gasteiger partial charge in [0.15, 0.2) is 0 Å². The fourth-order valence-corrected chi connectivity index (χ4v) is 1.47. The third-order valence-corrected chi connectivity index (χ3v) is 2.13. The first kappa shape index (κ1) is 8.30. The van der Waals surface area contributed by atoms with Gasteiger partial charge in [-0.15, -0.1) is 0 Å². The third-order valence-electron chi connectivity index (χ3n) is 2.13. The van der Waals surface area contributed by atoms with Gasteiger partial charge in [0.25, 0.3) is 0 Å². The molecule has 68 valence electrons. The van der Waals surface area contributed by atoms with Gasteiger partial charge in [0, 0.05) is 6.20 Å². The van der Waals surface area contributed by atoms with E-state index in [0.717, 1.165) is 12.2 Å². The molecule has 0 aliphatic heterocycles. The smallest absolute Gasteiger partial charge is 0.138 e. The summed E-state index contributed by atoms with van der Waals surface area (Å²) in [5, 5.41) is 0. The fourth-order valence-electron chi connectivity index (χ4n) is 1.47. The molecule has 1 unspecified atom stereocenters. The highest BCUT2D eigenvalue weighted by atomic mass is 16.5. The van der Waals surface area contributed by atoms with Crippen LogP contribution in [0, 0.1) is 0 Å². The standard InChI is InChI=1S/C11H13NO/c1-2-5-10(6-3-1)13-11-7-4-8-12-9-11/h2,4-5,7-10H,1,3,6H2. The second kappa shape index (κ2) is 4.08. The van der Waals surface area contributed by atoms with Crippen LogP contribution in [0.4, 0.5) is 0 Å². The van der Waals surface area contributed by atoms with E-state index in [1.807, 2.05) is 12.1 Å². The van der Waals surface area contributed by atoms with Crippen molar-refractivity contribution in [1.82, 2.24) is 4.98 Å². The average Bonchev–Trinajstić information content (AvgIpc) is 2.21. The second-order valence-corrected chi connectivity index (χ2v) is 3.20. The quantitative estimate of drug-likeness (QED) is 0.644. The lowest BCUT2D eigenvalue weighted by atomic mass is 10.1. The van der Waals surface area contributed by atoms with Crippen molar-refractivity contribution in [2.45, 2.75) is 25.4 Å². The van der Waals surface area contributed by atoms with Gasteiger partial charge in [0.05, 0.1) is 6.20 Å². The van der Waals surface area contributed by atoms with Crippen molar-refractivity contribution in [3.8, 4) is 5.75 Å². The van der Waals surface area contributed by atoms with E-state index in [0.29, 0.717) is 0 Å². The highest BCUT2D eigenvalue weighted by Gasteiger charge is 2.08. The molecule has 2 rings (SSSR count). The number of rotatable bonds is 2. The number of nitrogens with zero attached hydrogens (tertiary/aromatic N) is 1. The molecule has 1 heterocycles. The van der Waals surface area contributed by atoms with Gasteiger partial charge in [-0.1, -0.05) is 6.08 Å². The Bertz CT molecular complexity index is 281. The summed E-state index contributed by atoms with van der Waals surface area (Å²) in [4.78, 5) is 4.00. The third kappa shape index (κ3) is 2.31. The molecule has 2 nitrogen and oxygen atoms in total. The molecule has 1 aromatic heterocycles. The van der Waals surface area contributed by atoms with E-state index in [9.17, 15) is 0 Å². The molecule has 0 saturated carbocycles. The predicted molar refractivity (Wildman–Crippen MR) is 51.6 cm³/mol. The Labute approximate surface area is 78.3 Å². The summed E-state index contributed by atoms with van der Waals surface area (Å²) in [6.45, 7) is 0. The predicted octanol–water partition coefficient (Wildman–Crippen LogP) is 2.57. The van der Waals surface area contributed by atoms with Crippen molar-refractivity contribution in [1.29, 1.82) is 0 Å². The lowest BCUT2D eigenvalue weighted by Gasteiger charge is -2.17. The monoisotopic (exact) mass is 175 g/mol. The summed E-state index contributed by atoms with van der Waals surface area (Å²) in [5.74, 6) is 0.860. The Kier molecular flexibility index (Phi) is 2.60. The van der Waals surface area contributed by atoms with E-state index in [1.54, 1.807) is 12.4 Å². The van der Waals surface area contributed by atoms with Crippen LogP contribution in [-0.2, 0) is 0 Å². The molecular formula is C11H13NO. The van der Waals surface area contributed by atoms with E-state index in [-0.39, 0.29) is 6.10 Å². The van der Waals surface area contributed by atoms with E-state index < -0.39 is 0 Å². The van der Waals surface area contributed by atoms with Crippen LogP contribution in [0.2, 0.25) is 0 Å². The maximum atomic E-state index is 5.71. The first-order chi connectivity index (χ1) is 6.45. The summed E-state index contributed by atoms with van der Waals surface area (Å²) in [6.07, 6.45) is 11.6. The van der Waals surface area contributed by atoms with E-state index >= 15 is 0 Å². The largest absolute Gasteiger partial charge is 0.485 e. The lowest BCUT2D eigenvalue weighted by Crippen LogP contribution is -2.15. The SMILES string of the molecule is C1=CC(Oc2cccnc2)CCC1. The van der Waals surface area contributed by atoms with Crippen LogP contribution in [0.25, 0.3) is 0 Å². The number of allylic oxidation sites excluding steroid dienone is 1. The maximum absolute atomic E-state index is 5.71. The molecule has 0 spiro atoms. The lowest BCUT2D eigenvalue weighted by molar-refractivity contribution is 0.229. The average molecular weight is 175 g/mol. The molecule has 1 aromatic rings. The molecule has 0 radical (unpaired) electrons. The highest BCUT2D eigenvalue weighted by molar-refractivity contribution is 5.17. The summed E-state index contributed by atoms with van der Waals surface area (Å²) in [6, 6.07) is 3.83. The summed E-state index contributed by atoms with van der Waals surface area (Å²) in [5.41, 5.74) is 0. The molecule has 0 N–H and O–H groups in total. The topological polar surface area (TPSA) is 22.1 Å². The molecule has 1 atom stereocenters. The molecule has 0 fully saturated rings. The minimum Gasteiger partial charge on any atom is -0.485 e. The summed E-state index contributed by atoms with van der Waals surface area (Å²) < 4.78 is 5.71. The number of ether oxygens (including phenoxy) is 1. The molecular weight excluding hydrogens is 162 g/mol. The number of hydrogen-bond donors (Lipinski definition) is 0. The van der Waals surface area contributed by atoms with Crippen LogP contribution in [0.3, 0.4) is 0 Å². The highest BCUT2D eigenvalue weighted by Crippen LogP contribution is 2.17. The van der Waals surface area contributed by atoms with Crippen molar-refractivity contribution in [2.75, 3.05) is 0 Å². The zero-order chi connectivity index (χ0) is 8.93. The van der Waals surface area contributed by atoms with Crippen LogP contribution in [0.15, 0.2) is 36.7 Å². The minimum atomic E-state index is 0.248. The Morgan fingerprint density at radius 2 is 2.46 bits per heavy atom. The first-order valence-electron chi connectivity index (χ1n) is 4.68. The van der Waals surface area contributed by atoms with Gasteiger partial charge in [0.1, 0.15) is 11.9 Å². The summed E-state index contributed by atoms with van der Waals surface area (Å²) >= 11 is 0. The van der Waals surface area contributed by atoms with Crippen LogP contribution in [-0.4, -0.2) is 11.1 Å². The van der Waals surface area contributed by atoms with Gasteiger partial charge in [-0.25, -0.2) is 0 Å². The van der Waals surface area contributed by atoms with Gasteiger partial charge in [-0.2, -0.15) is 0 Å². The van der Waals surface area contributed by atoms with Crippen molar-refractivity contribution in [3.05, 3.63) is 36.7 Å². The zero-order valence-electron chi connectivity index (χ0n) is 7.52. The van der Waals surface area contributed by atoms with Gasteiger partial charge in [-0.05, 0) is 37.5 Å². The molecule has 1 aliphatic carbocycles. The normalized spacial score (nSPS) is 21.4. The van der Waals surface area contributed by atoms with Gasteiger partial charge in [0.2, 0.25) is 0 Å². The molecule has 0 saturated heterocycles. The van der Waals surface area contributed by atoms with Crippen molar-refractivity contribution in [3.63, 3.8) is 0 Å². The molecule has 0 bridgehead atoms. The van der Waals surface area contributed by atoms with E-state index in [1.165, 1.54) is 12.8 Å². The number of hydrogen-bond acceptors (Lipinski definition) is 2. The zero-order valence-corrected chi connectivity index (χ0v) is 7.52. The number of pyridine rings is 1. The first-order valence-corrected chi connectivity index (χ1v) is 4.68. The molecule has 0 amide bonds. The van der Waals surface area contributed by atoms with E-state index in [4.69, 9.17) is 4.74 Å². The van der Waals surface area contributed by atoms with Gasteiger partial charge < -0.3 is 4.74 Å². The maximum Gasteiger partial charge on any atom is 0.138 e. The van der Waals surface area contributed by atoms with Crippen LogP contribution >= 0.6 is 0 Å². The Balaban J connectivity index is 1.98. The van der Waals surface area contributed by atoms with Gasteiger partial charge in [-0.3, -0.25) is 4.98 Å². The van der Waals surface area contributed by atoms with Crippen LogP contribution in [0.5, 0.6) is 5.75 Å². The van der Waals surface area contributed by atoms with Crippen molar-refractivity contribution < 1.29 is 4.74 Å². The number of aromatic nitrogens is 1. The Hall–Kier alpha value is -1.31. The van der Waals surface area contributed by atoms with Gasteiger partial charge >= 0.3 is 0 Å². The van der Waals surface area contributed by atoms with Crippen molar-refractivity contribution >= 4 is 0 Å². The minimum absolute atomic E-state index is 0.248. The molecule has 1 aliphatic rings. The Morgan fingerprint density at radius 1 is 1.46 bits per heavy atom. The second-order valence-electron chi connectivity index (χ2n) is 3.20. The molecule has 2 heteroatoms.